The molecule has 0 fully saturated rings. The summed E-state index contributed by atoms with van der Waals surface area (Å²) in [6, 6.07) is 0. The number of hydrogen-bond acceptors (Lipinski definition) is 5. The van der Waals surface area contributed by atoms with E-state index in [1.807, 2.05) is 0 Å². The minimum absolute atomic E-state index is 0.126. The minimum Gasteiger partial charge on any atom is -0.469 e. The van der Waals surface area contributed by atoms with Crippen LogP contribution in [-0.4, -0.2) is 37.2 Å². The van der Waals surface area contributed by atoms with Gasteiger partial charge in [0.1, 0.15) is 0 Å². The van der Waals surface area contributed by atoms with Gasteiger partial charge in [0, 0.05) is 11.5 Å². The maximum atomic E-state index is 11.6. The Morgan fingerprint density at radius 1 is 0.692 bits per heavy atom. The van der Waals surface area contributed by atoms with E-state index in [-0.39, 0.29) is 11.9 Å². The van der Waals surface area contributed by atoms with Crippen molar-refractivity contribution in [1.82, 2.24) is 0 Å². The summed E-state index contributed by atoms with van der Waals surface area (Å²) in [6.07, 6.45) is 16.5. The lowest BCUT2D eigenvalue weighted by molar-refractivity contribution is -0.143. The summed E-state index contributed by atoms with van der Waals surface area (Å²) in [7, 11) is 1.39. The van der Waals surface area contributed by atoms with E-state index in [1.54, 1.807) is 11.8 Å². The molecule has 0 atom stereocenters. The number of ether oxygens (including phenoxy) is 2. The van der Waals surface area contributed by atoms with Crippen molar-refractivity contribution in [3.05, 3.63) is 0 Å². The average molecular weight is 389 g/mol. The fourth-order valence-corrected chi connectivity index (χ4v) is 3.54. The summed E-state index contributed by atoms with van der Waals surface area (Å²) in [6.45, 7) is 2.80. The van der Waals surface area contributed by atoms with Crippen LogP contribution < -0.4 is 0 Å². The Morgan fingerprint density at radius 3 is 1.65 bits per heavy atom. The van der Waals surface area contributed by atoms with Gasteiger partial charge in [-0.25, -0.2) is 0 Å². The van der Waals surface area contributed by atoms with Crippen molar-refractivity contribution in [2.75, 3.05) is 25.2 Å². The molecular formula is C21H40O4S. The fourth-order valence-electron chi connectivity index (χ4n) is 2.72. The zero-order valence-electron chi connectivity index (χ0n) is 17.1. The normalized spacial score (nSPS) is 10.7. The van der Waals surface area contributed by atoms with Crippen LogP contribution in [0.2, 0.25) is 0 Å². The number of unbranched alkanes of at least 4 members (excludes halogenated alkanes) is 11. The Bertz CT molecular complexity index is 334. The van der Waals surface area contributed by atoms with Crippen molar-refractivity contribution in [1.29, 1.82) is 0 Å². The number of carbonyl (C=O) groups excluding carboxylic acids is 2. The molecule has 0 aliphatic heterocycles. The molecule has 4 nitrogen and oxygen atoms in total. The van der Waals surface area contributed by atoms with Gasteiger partial charge in [0.2, 0.25) is 0 Å². The molecular weight excluding hydrogens is 348 g/mol. The SMILES string of the molecule is CCCCCCCCCCCCCCOC(=O)CCSCCC(=O)OC. The Hall–Kier alpha value is -0.710. The number of esters is 2. The van der Waals surface area contributed by atoms with Crippen molar-refractivity contribution in [2.45, 2.75) is 96.8 Å². The van der Waals surface area contributed by atoms with Crippen molar-refractivity contribution >= 4 is 23.7 Å². The van der Waals surface area contributed by atoms with Gasteiger partial charge in [0.15, 0.2) is 0 Å². The van der Waals surface area contributed by atoms with Crippen molar-refractivity contribution in [3.8, 4) is 0 Å². The molecule has 0 unspecified atom stereocenters. The van der Waals surface area contributed by atoms with Gasteiger partial charge >= 0.3 is 11.9 Å². The summed E-state index contributed by atoms with van der Waals surface area (Å²) in [5.41, 5.74) is 0. The van der Waals surface area contributed by atoms with Crippen LogP contribution >= 0.6 is 11.8 Å². The monoisotopic (exact) mass is 388 g/mol. The van der Waals surface area contributed by atoms with Gasteiger partial charge in [0.05, 0.1) is 26.6 Å². The lowest BCUT2D eigenvalue weighted by Crippen LogP contribution is -2.07. The van der Waals surface area contributed by atoms with Gasteiger partial charge in [-0.1, -0.05) is 77.6 Å². The molecule has 0 aromatic carbocycles. The quantitative estimate of drug-likeness (QED) is 0.203. The highest BCUT2D eigenvalue weighted by Crippen LogP contribution is 2.12. The topological polar surface area (TPSA) is 52.6 Å². The largest absolute Gasteiger partial charge is 0.469 e. The molecule has 5 heteroatoms. The zero-order chi connectivity index (χ0) is 19.3. The van der Waals surface area contributed by atoms with E-state index in [2.05, 4.69) is 11.7 Å². The third-order valence-electron chi connectivity index (χ3n) is 4.39. The third kappa shape index (κ3) is 19.6. The van der Waals surface area contributed by atoms with E-state index in [0.29, 0.717) is 31.0 Å². The highest BCUT2D eigenvalue weighted by atomic mass is 32.2. The van der Waals surface area contributed by atoms with Crippen LogP contribution in [0.15, 0.2) is 0 Å². The number of thioether (sulfide) groups is 1. The van der Waals surface area contributed by atoms with Crippen LogP contribution in [0.25, 0.3) is 0 Å². The van der Waals surface area contributed by atoms with Crippen LogP contribution in [0.5, 0.6) is 0 Å². The zero-order valence-corrected chi connectivity index (χ0v) is 17.9. The number of carbonyl (C=O) groups is 2. The van der Waals surface area contributed by atoms with Gasteiger partial charge in [0.25, 0.3) is 0 Å². The summed E-state index contributed by atoms with van der Waals surface area (Å²) >= 11 is 1.59. The van der Waals surface area contributed by atoms with E-state index in [9.17, 15) is 9.59 Å². The Morgan fingerprint density at radius 2 is 1.15 bits per heavy atom. The predicted octanol–water partition coefficient (Wildman–Crippen LogP) is 5.92. The van der Waals surface area contributed by atoms with E-state index in [4.69, 9.17) is 4.74 Å². The second-order valence-electron chi connectivity index (χ2n) is 6.80. The summed E-state index contributed by atoms with van der Waals surface area (Å²) in [5.74, 6) is 1.07. The molecule has 0 aromatic heterocycles. The molecule has 0 rings (SSSR count). The van der Waals surface area contributed by atoms with Crippen LogP contribution in [-0.2, 0) is 19.1 Å². The molecule has 26 heavy (non-hydrogen) atoms. The Balaban J connectivity index is 3.17. The first-order chi connectivity index (χ1) is 12.7. The first-order valence-electron chi connectivity index (χ1n) is 10.5. The average Bonchev–Trinajstić information content (AvgIpc) is 2.65. The Labute approximate surface area is 165 Å². The predicted molar refractivity (Wildman–Crippen MR) is 111 cm³/mol. The molecule has 0 amide bonds. The summed E-state index contributed by atoms with van der Waals surface area (Å²) in [4.78, 5) is 22.5. The van der Waals surface area contributed by atoms with E-state index in [0.717, 1.165) is 12.8 Å². The van der Waals surface area contributed by atoms with Crippen molar-refractivity contribution < 1.29 is 19.1 Å². The number of methoxy groups -OCH3 is 1. The van der Waals surface area contributed by atoms with Crippen LogP contribution in [0.4, 0.5) is 0 Å². The smallest absolute Gasteiger partial charge is 0.306 e. The second kappa shape index (κ2) is 20.6. The lowest BCUT2D eigenvalue weighted by Gasteiger charge is -2.05. The summed E-state index contributed by atoms with van der Waals surface area (Å²) in [5, 5.41) is 0. The molecule has 0 aliphatic rings. The fraction of sp³-hybridized carbons (Fsp3) is 0.905. The third-order valence-corrected chi connectivity index (χ3v) is 5.38. The minimum atomic E-state index is -0.202. The van der Waals surface area contributed by atoms with Crippen molar-refractivity contribution in [2.24, 2.45) is 0 Å². The maximum absolute atomic E-state index is 11.6. The van der Waals surface area contributed by atoms with Crippen LogP contribution in [0.3, 0.4) is 0 Å². The van der Waals surface area contributed by atoms with E-state index >= 15 is 0 Å². The first-order valence-corrected chi connectivity index (χ1v) is 11.7. The molecule has 0 N–H and O–H groups in total. The molecule has 0 saturated carbocycles. The maximum Gasteiger partial charge on any atom is 0.306 e. The highest BCUT2D eigenvalue weighted by molar-refractivity contribution is 7.99. The van der Waals surface area contributed by atoms with Gasteiger partial charge in [-0.3, -0.25) is 9.59 Å². The molecule has 0 radical (unpaired) electrons. The Kier molecular flexibility index (Phi) is 20.0. The molecule has 0 heterocycles. The van der Waals surface area contributed by atoms with E-state index in [1.165, 1.54) is 71.3 Å². The first kappa shape index (κ1) is 25.3. The molecule has 154 valence electrons. The van der Waals surface area contributed by atoms with Gasteiger partial charge < -0.3 is 9.47 Å². The van der Waals surface area contributed by atoms with E-state index < -0.39 is 0 Å². The summed E-state index contributed by atoms with van der Waals surface area (Å²) < 4.78 is 9.80. The van der Waals surface area contributed by atoms with Crippen molar-refractivity contribution in [3.63, 3.8) is 0 Å². The molecule has 0 saturated heterocycles. The van der Waals surface area contributed by atoms with Gasteiger partial charge in [-0.05, 0) is 6.42 Å². The van der Waals surface area contributed by atoms with Gasteiger partial charge in [-0.15, -0.1) is 0 Å². The number of rotatable bonds is 19. The highest BCUT2D eigenvalue weighted by Gasteiger charge is 2.04. The van der Waals surface area contributed by atoms with Gasteiger partial charge in [-0.2, -0.15) is 11.8 Å². The second-order valence-corrected chi connectivity index (χ2v) is 8.02. The molecule has 0 aliphatic carbocycles. The van der Waals surface area contributed by atoms with Crippen LogP contribution in [0, 0.1) is 0 Å². The molecule has 0 bridgehead atoms. The molecule has 0 aromatic rings. The standard InChI is InChI=1S/C21H40O4S/c1-3-4-5-6-7-8-9-10-11-12-13-14-17-25-21(23)16-19-26-18-15-20(22)24-2/h3-19H2,1-2H3. The number of hydrogen-bond donors (Lipinski definition) is 0. The van der Waals surface area contributed by atoms with Crippen LogP contribution in [0.1, 0.15) is 96.8 Å². The molecule has 0 spiro atoms. The lowest BCUT2D eigenvalue weighted by atomic mass is 10.1.